The van der Waals surface area contributed by atoms with E-state index in [1.54, 1.807) is 31.2 Å². The first-order valence-corrected chi connectivity index (χ1v) is 14.2. The number of methoxy groups -OCH3 is 2. The molecule has 0 radical (unpaired) electrons. The van der Waals surface area contributed by atoms with Gasteiger partial charge in [0.25, 0.3) is 10.0 Å². The number of amides is 2. The van der Waals surface area contributed by atoms with E-state index in [9.17, 15) is 22.4 Å². The molecule has 214 valence electrons. The van der Waals surface area contributed by atoms with Gasteiger partial charge in [0.05, 0.1) is 24.8 Å². The van der Waals surface area contributed by atoms with E-state index in [0.717, 1.165) is 16.4 Å². The van der Waals surface area contributed by atoms with Crippen molar-refractivity contribution in [1.29, 1.82) is 0 Å². The van der Waals surface area contributed by atoms with Gasteiger partial charge in [-0.3, -0.25) is 13.9 Å². The van der Waals surface area contributed by atoms with Crippen molar-refractivity contribution < 1.29 is 31.9 Å². The van der Waals surface area contributed by atoms with E-state index in [-0.39, 0.29) is 23.0 Å². The van der Waals surface area contributed by atoms with Gasteiger partial charge in [0, 0.05) is 13.1 Å². The molecule has 0 saturated carbocycles. The average molecular weight is 572 g/mol. The molecule has 11 heteroatoms. The fourth-order valence-electron chi connectivity index (χ4n) is 3.96. The monoisotopic (exact) mass is 571 g/mol. The Bertz CT molecular complexity index is 1400. The van der Waals surface area contributed by atoms with Crippen LogP contribution in [0, 0.1) is 5.82 Å². The second-order valence-corrected chi connectivity index (χ2v) is 10.9. The number of ether oxygens (including phenoxy) is 2. The normalized spacial score (nSPS) is 11.8. The van der Waals surface area contributed by atoms with Crippen molar-refractivity contribution >= 4 is 27.5 Å². The van der Waals surface area contributed by atoms with Gasteiger partial charge in [0.1, 0.15) is 29.9 Å². The van der Waals surface area contributed by atoms with Crippen LogP contribution in [0.1, 0.15) is 25.8 Å². The molecule has 2 amide bonds. The van der Waals surface area contributed by atoms with Crippen LogP contribution in [0.25, 0.3) is 0 Å². The first kappa shape index (κ1) is 30.4. The third-order valence-electron chi connectivity index (χ3n) is 6.24. The number of nitrogens with one attached hydrogen (secondary N) is 1. The molecule has 3 rings (SSSR count). The van der Waals surface area contributed by atoms with Crippen molar-refractivity contribution in [3.8, 4) is 11.5 Å². The number of benzene rings is 3. The molecule has 1 atom stereocenters. The summed E-state index contributed by atoms with van der Waals surface area (Å²) in [6.07, 6.45) is 0.709. The summed E-state index contributed by atoms with van der Waals surface area (Å²) >= 11 is 0. The highest BCUT2D eigenvalue weighted by Gasteiger charge is 2.32. The molecule has 0 aliphatic heterocycles. The molecule has 0 bridgehead atoms. The molecule has 0 aliphatic carbocycles. The zero-order chi connectivity index (χ0) is 29.3. The largest absolute Gasteiger partial charge is 0.497 e. The number of rotatable bonds is 13. The summed E-state index contributed by atoms with van der Waals surface area (Å²) in [7, 11) is -1.30. The van der Waals surface area contributed by atoms with E-state index in [1.165, 1.54) is 55.5 Å². The number of sulfonamides is 1. The molecule has 0 spiro atoms. The predicted octanol–water partition coefficient (Wildman–Crippen LogP) is 3.98. The van der Waals surface area contributed by atoms with Crippen LogP contribution in [-0.2, 0) is 26.2 Å². The first-order valence-electron chi connectivity index (χ1n) is 12.7. The Kier molecular flexibility index (Phi) is 10.5. The van der Waals surface area contributed by atoms with Gasteiger partial charge >= 0.3 is 0 Å². The third-order valence-corrected chi connectivity index (χ3v) is 8.03. The maximum atomic E-state index is 13.9. The van der Waals surface area contributed by atoms with Gasteiger partial charge in [-0.1, -0.05) is 19.1 Å². The Balaban J connectivity index is 2.02. The summed E-state index contributed by atoms with van der Waals surface area (Å²) in [4.78, 5) is 28.0. The van der Waals surface area contributed by atoms with E-state index >= 15 is 0 Å². The Morgan fingerprint density at radius 1 is 0.950 bits per heavy atom. The Labute approximate surface area is 234 Å². The fourth-order valence-corrected chi connectivity index (χ4v) is 5.37. The summed E-state index contributed by atoms with van der Waals surface area (Å²) in [5.74, 6) is -0.520. The van der Waals surface area contributed by atoms with Gasteiger partial charge in [-0.2, -0.15) is 0 Å². The first-order chi connectivity index (χ1) is 19.1. The maximum absolute atomic E-state index is 13.9. The zero-order valence-corrected chi connectivity index (χ0v) is 23.8. The summed E-state index contributed by atoms with van der Waals surface area (Å²) in [6.45, 7) is 3.32. The molecule has 0 heterocycles. The quantitative estimate of drug-likeness (QED) is 0.333. The minimum absolute atomic E-state index is 0.0244. The van der Waals surface area contributed by atoms with Gasteiger partial charge < -0.3 is 19.7 Å². The smallest absolute Gasteiger partial charge is 0.264 e. The van der Waals surface area contributed by atoms with Crippen molar-refractivity contribution in [2.45, 2.75) is 37.8 Å². The third kappa shape index (κ3) is 7.50. The Hall–Kier alpha value is -4.12. The Morgan fingerprint density at radius 2 is 1.60 bits per heavy atom. The number of hydrogen-bond acceptors (Lipinski definition) is 6. The molecular weight excluding hydrogens is 537 g/mol. The van der Waals surface area contributed by atoms with Crippen LogP contribution in [0.3, 0.4) is 0 Å². The number of halogens is 1. The molecule has 0 saturated heterocycles. The maximum Gasteiger partial charge on any atom is 0.264 e. The molecule has 9 nitrogen and oxygen atoms in total. The summed E-state index contributed by atoms with van der Waals surface area (Å²) < 4.78 is 52.6. The molecule has 0 aliphatic rings. The topological polar surface area (TPSA) is 105 Å². The SMILES string of the molecule is CCCNC(=O)[C@@H](C)N(Cc1cccc(OC)c1)C(=O)CN(c1ccc(F)cc1)S(=O)(=O)c1ccc(OC)cc1. The van der Waals surface area contributed by atoms with Crippen molar-refractivity contribution in [2.75, 3.05) is 31.6 Å². The average Bonchev–Trinajstić information content (AvgIpc) is 2.97. The van der Waals surface area contributed by atoms with Crippen LogP contribution in [0.5, 0.6) is 11.5 Å². The minimum atomic E-state index is -4.28. The van der Waals surface area contributed by atoms with E-state index < -0.39 is 34.3 Å². The fraction of sp³-hybridized carbons (Fsp3) is 0.310. The molecule has 0 fully saturated rings. The van der Waals surface area contributed by atoms with Gasteiger partial charge in [0.15, 0.2) is 0 Å². The van der Waals surface area contributed by atoms with Gasteiger partial charge in [-0.05, 0) is 79.6 Å². The number of hydrogen-bond donors (Lipinski definition) is 1. The molecular formula is C29H34FN3O6S. The lowest BCUT2D eigenvalue weighted by Crippen LogP contribution is -2.51. The zero-order valence-electron chi connectivity index (χ0n) is 23.0. The van der Waals surface area contributed by atoms with Crippen LogP contribution < -0.4 is 19.1 Å². The lowest BCUT2D eigenvalue weighted by atomic mass is 10.1. The van der Waals surface area contributed by atoms with E-state index in [4.69, 9.17) is 9.47 Å². The van der Waals surface area contributed by atoms with E-state index in [0.29, 0.717) is 30.0 Å². The van der Waals surface area contributed by atoms with Crippen LogP contribution >= 0.6 is 0 Å². The van der Waals surface area contributed by atoms with Gasteiger partial charge in [0.2, 0.25) is 11.8 Å². The number of carbonyl (C=O) groups excluding carboxylic acids is 2. The van der Waals surface area contributed by atoms with Gasteiger partial charge in [-0.25, -0.2) is 12.8 Å². The standard InChI is InChI=1S/C29H34FN3O6S/c1-5-17-31-29(35)21(2)32(19-22-7-6-8-26(18-22)39-4)28(34)20-33(24-11-9-23(30)10-12-24)40(36,37)27-15-13-25(38-3)14-16-27/h6-16,18,21H,5,17,19-20H2,1-4H3,(H,31,35)/t21-/m1/s1. The molecule has 0 aromatic heterocycles. The van der Waals surface area contributed by atoms with Crippen molar-refractivity contribution in [3.05, 3.63) is 84.2 Å². The minimum Gasteiger partial charge on any atom is -0.497 e. The lowest BCUT2D eigenvalue weighted by Gasteiger charge is -2.32. The number of carbonyl (C=O) groups is 2. The van der Waals surface area contributed by atoms with Crippen molar-refractivity contribution in [2.24, 2.45) is 0 Å². The highest BCUT2D eigenvalue weighted by atomic mass is 32.2. The van der Waals surface area contributed by atoms with Crippen LogP contribution in [0.2, 0.25) is 0 Å². The van der Waals surface area contributed by atoms with Gasteiger partial charge in [-0.15, -0.1) is 0 Å². The van der Waals surface area contributed by atoms with Crippen LogP contribution in [0.15, 0.2) is 77.7 Å². The van der Waals surface area contributed by atoms with E-state index in [1.807, 2.05) is 6.92 Å². The molecule has 3 aromatic carbocycles. The highest BCUT2D eigenvalue weighted by Crippen LogP contribution is 2.26. The molecule has 3 aromatic rings. The summed E-state index contributed by atoms with van der Waals surface area (Å²) in [5.41, 5.74) is 0.782. The van der Waals surface area contributed by atoms with Crippen molar-refractivity contribution in [1.82, 2.24) is 10.2 Å². The summed E-state index contributed by atoms with van der Waals surface area (Å²) in [6, 6.07) is 16.6. The van der Waals surface area contributed by atoms with Crippen molar-refractivity contribution in [3.63, 3.8) is 0 Å². The van der Waals surface area contributed by atoms with Crippen LogP contribution in [0.4, 0.5) is 10.1 Å². The second kappa shape index (κ2) is 13.8. The lowest BCUT2D eigenvalue weighted by molar-refractivity contribution is -0.139. The second-order valence-electron chi connectivity index (χ2n) is 9.00. The number of anilines is 1. The predicted molar refractivity (Wildman–Crippen MR) is 150 cm³/mol. The molecule has 40 heavy (non-hydrogen) atoms. The van der Waals surface area contributed by atoms with E-state index in [2.05, 4.69) is 5.32 Å². The summed E-state index contributed by atoms with van der Waals surface area (Å²) in [5, 5.41) is 2.79. The number of nitrogens with zero attached hydrogens (tertiary/aromatic N) is 2. The molecule has 1 N–H and O–H groups in total. The molecule has 0 unspecified atom stereocenters. The Morgan fingerprint density at radius 3 is 2.20 bits per heavy atom. The van der Waals surface area contributed by atoms with Crippen LogP contribution in [-0.4, -0.2) is 58.5 Å². The highest BCUT2D eigenvalue weighted by molar-refractivity contribution is 7.92.